The molecular weight excluding hydrogens is 695 g/mol. The number of amides is 5. The number of sulfone groups is 1. The number of piperidine rings is 1. The monoisotopic (exact) mass is 761 g/mol. The summed E-state index contributed by atoms with van der Waals surface area (Å²) in [4.78, 5) is 71.0. The van der Waals surface area contributed by atoms with Crippen molar-refractivity contribution >= 4 is 39.4 Å². The molecule has 1 heterocycles. The number of carbonyl (C=O) groups excluding carboxylic acids is 5. The molecule has 12 nitrogen and oxygen atoms in total. The van der Waals surface area contributed by atoms with Crippen molar-refractivity contribution in [2.75, 3.05) is 18.8 Å². The number of urea groups is 1. The van der Waals surface area contributed by atoms with Gasteiger partial charge >= 0.3 is 6.03 Å². The molecule has 4 rings (SSSR count). The summed E-state index contributed by atoms with van der Waals surface area (Å²) in [5.74, 6) is -2.39. The van der Waals surface area contributed by atoms with Crippen LogP contribution in [0, 0.1) is 28.6 Å². The second-order valence-corrected chi connectivity index (χ2v) is 21.5. The maximum absolute atomic E-state index is 14.9. The van der Waals surface area contributed by atoms with Gasteiger partial charge in [-0.05, 0) is 87.9 Å². The van der Waals surface area contributed by atoms with Gasteiger partial charge in [-0.15, -0.1) is 6.58 Å². The Labute approximate surface area is 318 Å². The minimum Gasteiger partial charge on any atom is -0.346 e. The van der Waals surface area contributed by atoms with Crippen molar-refractivity contribution in [3.63, 3.8) is 0 Å². The van der Waals surface area contributed by atoms with Crippen LogP contribution < -0.4 is 21.3 Å². The van der Waals surface area contributed by atoms with Crippen molar-refractivity contribution in [3.05, 3.63) is 12.7 Å². The predicted octanol–water partition coefficient (Wildman–Crippen LogP) is 4.82. The van der Waals surface area contributed by atoms with Gasteiger partial charge in [-0.2, -0.15) is 0 Å². The topological polar surface area (TPSA) is 171 Å². The molecule has 5 atom stereocenters. The first-order valence-corrected chi connectivity index (χ1v) is 21.6. The van der Waals surface area contributed by atoms with Crippen molar-refractivity contribution in [1.29, 1.82) is 0 Å². The third-order valence-electron chi connectivity index (χ3n) is 12.9. The summed E-state index contributed by atoms with van der Waals surface area (Å²) in [6, 6.07) is -3.47. The van der Waals surface area contributed by atoms with E-state index in [1.54, 1.807) is 25.7 Å². The molecule has 3 aliphatic carbocycles. The zero-order chi connectivity index (χ0) is 39.6. The number of carbonyl (C=O) groups is 5. The second kappa shape index (κ2) is 16.4. The van der Waals surface area contributed by atoms with Crippen LogP contribution >= 0.6 is 0 Å². The van der Waals surface area contributed by atoms with Crippen LogP contribution in [0.3, 0.4) is 0 Å². The van der Waals surface area contributed by atoms with Gasteiger partial charge in [-0.3, -0.25) is 19.2 Å². The van der Waals surface area contributed by atoms with Gasteiger partial charge in [0.25, 0.3) is 5.91 Å². The molecule has 0 spiro atoms. The van der Waals surface area contributed by atoms with Crippen LogP contribution in [0.5, 0.6) is 0 Å². The highest BCUT2D eigenvalue weighted by atomic mass is 32.2. The van der Waals surface area contributed by atoms with E-state index in [1.165, 1.54) is 6.08 Å². The highest BCUT2D eigenvalue weighted by molar-refractivity contribution is 7.92. The van der Waals surface area contributed by atoms with Crippen molar-refractivity contribution < 1.29 is 32.4 Å². The predicted molar refractivity (Wildman–Crippen MR) is 206 cm³/mol. The summed E-state index contributed by atoms with van der Waals surface area (Å²) in [7, 11) is -3.57. The molecule has 0 radical (unpaired) electrons. The maximum atomic E-state index is 14.9. The molecule has 4 fully saturated rings. The molecule has 0 bridgehead atoms. The number of nitrogens with zero attached hydrogens (tertiary/aromatic N) is 1. The Kier molecular flexibility index (Phi) is 13.2. The molecule has 3 saturated carbocycles. The third kappa shape index (κ3) is 9.65. The van der Waals surface area contributed by atoms with Crippen molar-refractivity contribution in [2.45, 2.75) is 161 Å². The van der Waals surface area contributed by atoms with E-state index in [4.69, 9.17) is 0 Å². The zero-order valence-corrected chi connectivity index (χ0v) is 34.4. The largest absolute Gasteiger partial charge is 0.346 e. The molecule has 53 heavy (non-hydrogen) atoms. The molecule has 4 aliphatic rings. The smallest absolute Gasteiger partial charge is 0.315 e. The van der Waals surface area contributed by atoms with Crippen molar-refractivity contribution in [1.82, 2.24) is 26.2 Å². The van der Waals surface area contributed by atoms with Crippen LogP contribution in [0.2, 0.25) is 0 Å². The van der Waals surface area contributed by atoms with Crippen LogP contribution in [0.25, 0.3) is 0 Å². The normalized spacial score (nSPS) is 25.7. The first kappa shape index (κ1) is 42.8. The fraction of sp³-hybridized carbons (Fsp3) is 0.825. The number of ketones is 1. The van der Waals surface area contributed by atoms with E-state index in [0.717, 1.165) is 38.5 Å². The van der Waals surface area contributed by atoms with Crippen LogP contribution in [-0.2, 0) is 29.0 Å². The van der Waals surface area contributed by atoms with Gasteiger partial charge in [0.2, 0.25) is 17.6 Å². The summed E-state index contributed by atoms with van der Waals surface area (Å²) in [6.45, 7) is 19.2. The van der Waals surface area contributed by atoms with E-state index in [-0.39, 0.29) is 47.8 Å². The van der Waals surface area contributed by atoms with E-state index in [1.807, 2.05) is 20.8 Å². The van der Waals surface area contributed by atoms with E-state index in [2.05, 4.69) is 41.7 Å². The van der Waals surface area contributed by atoms with Crippen LogP contribution in [0.15, 0.2) is 12.7 Å². The van der Waals surface area contributed by atoms with E-state index in [9.17, 15) is 32.4 Å². The Hall–Kier alpha value is -2.96. The van der Waals surface area contributed by atoms with Crippen LogP contribution in [0.4, 0.5) is 4.79 Å². The first-order chi connectivity index (χ1) is 24.6. The van der Waals surface area contributed by atoms with Gasteiger partial charge in [0.15, 0.2) is 9.84 Å². The Bertz CT molecular complexity index is 1500. The minimum atomic E-state index is -3.57. The van der Waals surface area contributed by atoms with Gasteiger partial charge in [0.1, 0.15) is 12.1 Å². The summed E-state index contributed by atoms with van der Waals surface area (Å²) in [5, 5.41) is 11.5. The number of nitrogens with one attached hydrogen (secondary N) is 4. The molecule has 5 amide bonds. The van der Waals surface area contributed by atoms with E-state index in [0.29, 0.717) is 38.6 Å². The average molecular weight is 762 g/mol. The van der Waals surface area contributed by atoms with Crippen molar-refractivity contribution in [2.24, 2.45) is 28.6 Å². The molecule has 4 N–H and O–H groups in total. The molecule has 1 saturated heterocycles. The lowest BCUT2D eigenvalue weighted by Crippen LogP contribution is -2.65. The van der Waals surface area contributed by atoms with Crippen molar-refractivity contribution in [3.8, 4) is 0 Å². The molecule has 300 valence electrons. The fourth-order valence-electron chi connectivity index (χ4n) is 9.12. The molecule has 0 aromatic rings. The van der Waals surface area contributed by atoms with Gasteiger partial charge in [-0.1, -0.05) is 79.2 Å². The van der Waals surface area contributed by atoms with E-state index < -0.39 is 67.3 Å². The third-order valence-corrected chi connectivity index (χ3v) is 15.7. The van der Waals surface area contributed by atoms with Gasteiger partial charge < -0.3 is 26.2 Å². The fourth-order valence-corrected chi connectivity index (χ4v) is 10.6. The van der Waals surface area contributed by atoms with Gasteiger partial charge in [0, 0.05) is 13.1 Å². The van der Waals surface area contributed by atoms with Crippen LogP contribution in [-0.4, -0.2) is 90.1 Å². The van der Waals surface area contributed by atoms with Gasteiger partial charge in [-0.25, -0.2) is 13.2 Å². The molecule has 1 aliphatic heterocycles. The number of hydrogen-bond acceptors (Lipinski definition) is 7. The Morgan fingerprint density at radius 2 is 1.47 bits per heavy atom. The lowest BCUT2D eigenvalue weighted by atomic mass is 9.70. The summed E-state index contributed by atoms with van der Waals surface area (Å²) in [5.41, 5.74) is -1.75. The number of Topliss-reactive ketones (excluding diaryl/α,β-unsaturated/α-hetero) is 1. The number of fused-ring (bicyclic) bond motifs is 1. The van der Waals surface area contributed by atoms with Gasteiger partial charge in [0.05, 0.1) is 22.1 Å². The quantitative estimate of drug-likeness (QED) is 0.137. The Morgan fingerprint density at radius 1 is 0.887 bits per heavy atom. The highest BCUT2D eigenvalue weighted by Gasteiger charge is 2.70. The molecule has 0 aromatic heterocycles. The molecule has 1 unspecified atom stereocenters. The zero-order valence-electron chi connectivity index (χ0n) is 33.6. The number of rotatable bonds is 15. The number of likely N-dealkylation sites (tertiary alicyclic amines) is 1. The Morgan fingerprint density at radius 3 is 2.02 bits per heavy atom. The molecule has 13 heteroatoms. The first-order valence-electron chi connectivity index (χ1n) is 19.9. The maximum Gasteiger partial charge on any atom is 0.315 e. The van der Waals surface area contributed by atoms with Crippen LogP contribution in [0.1, 0.15) is 132 Å². The molecular formula is C40H67N5O7S. The summed E-state index contributed by atoms with van der Waals surface area (Å²) < 4.78 is 25.9. The van der Waals surface area contributed by atoms with E-state index >= 15 is 0 Å². The molecule has 0 aromatic carbocycles. The minimum absolute atomic E-state index is 0.0599. The second-order valence-electron chi connectivity index (χ2n) is 18.7. The SMILES string of the molecule is C=CCNC(=O)C(=O)C(CCC(C)C)NC(=O)[C@@H]1[C@@H]2[C@H](CN1C(=O)[C@@H](NC(=O)NC1(CS(=O)(=O)C(C)(C)C)CCCCC1)C1(C)CCCCC1)C2(C)C. The summed E-state index contributed by atoms with van der Waals surface area (Å²) in [6.07, 6.45) is 10.2. The Balaban J connectivity index is 1.62. The summed E-state index contributed by atoms with van der Waals surface area (Å²) >= 11 is 0. The lowest BCUT2D eigenvalue weighted by molar-refractivity contribution is -0.146. The average Bonchev–Trinajstić information content (AvgIpc) is 3.37. The standard InChI is InChI=1S/C40H67N5O7S/c1-10-23-41-34(48)31(46)28(18-17-26(2)3)42-33(47)30-29-27(38(29,7)8)24-45(30)35(49)32(39(9)19-13-11-14-20-39)43-36(50)44-40(21-15-12-16-22-40)25-53(51,52)37(4,5)6/h10,26-30,32H,1,11-25H2,2-9H3,(H,41,48)(H,42,47)(H2,43,44,50)/t27-,28?,29-,30-,32+/m0/s1. The highest BCUT2D eigenvalue weighted by Crippen LogP contribution is 2.65. The lowest BCUT2D eigenvalue weighted by Gasteiger charge is -2.44. The number of hydrogen-bond donors (Lipinski definition) is 4.